The van der Waals surface area contributed by atoms with E-state index < -0.39 is 18.6 Å². The molecule has 29 unspecified atom stereocenters. The Morgan fingerprint density at radius 1 is 0.467 bits per heavy atom. The number of fused-ring (bicyclic) bond motifs is 3. The van der Waals surface area contributed by atoms with Crippen LogP contribution in [0.3, 0.4) is 0 Å². The number of aliphatic hydroxyl groups is 1. The number of carbonyl (C=O) groups is 2. The number of esters is 1. The molecule has 3 N–H and O–H groups in total. The summed E-state index contributed by atoms with van der Waals surface area (Å²) in [7, 11) is 99.6. The topological polar surface area (TPSA) is 139 Å². The Morgan fingerprint density at radius 2 is 0.785 bits per heavy atom. The smallest absolute Gasteiger partial charge is 0.340 e. The number of aliphatic hydroxyl groups excluding tert-OH is 1. The van der Waals surface area contributed by atoms with Gasteiger partial charge in [0.1, 0.15) is 0 Å². The maximum Gasteiger partial charge on any atom is 0.340 e. The molecule has 606 valence electrons. The predicted octanol–water partition coefficient (Wildman–Crippen LogP) is 38.9. The summed E-state index contributed by atoms with van der Waals surface area (Å²) in [5.74, 6) is -1.11. The Kier molecular flexibility index (Phi) is 63.9. The number of unbranched alkanes of at least 4 members (excludes halogenated alkanes) is 2. The van der Waals surface area contributed by atoms with Gasteiger partial charge >= 0.3 is 11.7 Å². The van der Waals surface area contributed by atoms with Gasteiger partial charge < -0.3 is 24.7 Å². The zero-order valence-electron chi connectivity index (χ0n) is 57.0. The summed E-state index contributed by atoms with van der Waals surface area (Å²) in [6.07, 6.45) is 7.34. The molecular formula is C38H96Cl2F2N6O5P54. The molecule has 1 fully saturated rings. The van der Waals surface area contributed by atoms with Crippen LogP contribution in [-0.2, 0) is 31.0 Å². The van der Waals surface area contributed by atoms with Crippen molar-refractivity contribution >= 4 is 500 Å². The van der Waals surface area contributed by atoms with Crippen LogP contribution in [0.15, 0.2) is 59.7 Å². The fraction of sp³-hybridized carbons (Fsp3) is 0.368. The van der Waals surface area contributed by atoms with Crippen LogP contribution in [-0.4, -0.2) is 60.7 Å². The molecule has 0 radical (unpaired) electrons. The van der Waals surface area contributed by atoms with Crippen molar-refractivity contribution in [2.45, 2.75) is 70.8 Å². The van der Waals surface area contributed by atoms with Crippen LogP contribution in [0.4, 0.5) is 8.78 Å². The largest absolute Gasteiger partial charge is 0.465 e. The number of halogens is 4. The average Bonchev–Trinajstić information content (AvgIpc) is 0.975. The number of hydrogen-bond donors (Lipinski definition) is 2. The molecule has 0 saturated heterocycles. The van der Waals surface area contributed by atoms with Gasteiger partial charge in [0, 0.05) is 57.2 Å². The molecule has 1 amide bonds. The molecule has 11 nitrogen and oxygen atoms in total. The van der Waals surface area contributed by atoms with Gasteiger partial charge in [-0.15, -0.1) is 250 Å². The molecule has 1 aliphatic carbocycles. The van der Waals surface area contributed by atoms with E-state index in [1.54, 1.807) is 47.3 Å². The van der Waals surface area contributed by atoms with E-state index >= 15 is 0 Å². The highest BCUT2D eigenvalue weighted by Gasteiger charge is 2.60. The first kappa shape index (κ1) is 116. The molecule has 4 aromatic heterocycles. The lowest BCUT2D eigenvalue weighted by Gasteiger charge is -2.59. The number of nitrogens with zero attached hydrogens (tertiary/aromatic N) is 5. The molecule has 2 aromatic carbocycles. The van der Waals surface area contributed by atoms with Crippen LogP contribution < -0.4 is 11.4 Å². The van der Waals surface area contributed by atoms with Crippen LogP contribution >= 0.6 is 455 Å². The summed E-state index contributed by atoms with van der Waals surface area (Å²) in [6.45, 7) is -4.93. The number of benzene rings is 2. The Hall–Kier alpha value is 18.5. The van der Waals surface area contributed by atoms with Gasteiger partial charge in [0.05, 0.1) is 73.4 Å². The first-order valence-electron chi connectivity index (χ1n) is 29.6. The van der Waals surface area contributed by atoms with Crippen molar-refractivity contribution in [3.8, 4) is 0 Å². The van der Waals surface area contributed by atoms with Crippen molar-refractivity contribution in [1.29, 1.82) is 0 Å². The number of imidazole rings is 1. The molecule has 1 saturated carbocycles. The molecular weight excluding hydrogens is 2400 g/mol. The lowest BCUT2D eigenvalue weighted by Crippen LogP contribution is -2.26. The number of primary amides is 1. The molecule has 6 aromatic rings. The van der Waals surface area contributed by atoms with Crippen LogP contribution in [0.5, 0.6) is 0 Å². The van der Waals surface area contributed by atoms with Crippen LogP contribution in [0.25, 0.3) is 32.8 Å². The van der Waals surface area contributed by atoms with Crippen LogP contribution in [0.1, 0.15) is 76.7 Å². The minimum Gasteiger partial charge on any atom is -0.465 e. The second-order valence-electron chi connectivity index (χ2n) is 21.5. The van der Waals surface area contributed by atoms with Gasteiger partial charge in [-0.2, -0.15) is 0 Å². The monoisotopic (exact) mass is 2500 g/mol. The highest BCUT2D eigenvalue weighted by Crippen LogP contribution is 3.47. The van der Waals surface area contributed by atoms with E-state index in [2.05, 4.69) is 255 Å². The fourth-order valence-corrected chi connectivity index (χ4v) is 785. The molecule has 0 bridgehead atoms. The van der Waals surface area contributed by atoms with Gasteiger partial charge in [0.15, 0.2) is 0 Å². The number of nitrogens with two attached hydrogens (primary N) is 1. The lowest BCUT2D eigenvalue weighted by atomic mass is 10.1. The maximum absolute atomic E-state index is 13.4. The SMILES string of the molecule is COC(=O)c1c(CO)n(CCCCF)c2ccc(Cl)cc12.NC(=O)c1c(Cn2c(=O)n(C3CC3)c3ccncc32)n(CCCCF)c2ccc(Cl)cc12.PP(P)P(P(P)P)P(P(P(P)P)P(P)P)P(P(P(P)P)P(P)P)P(P(P(P(P)P)P(P)P)P(P(P)P)P(P)P)P(P(P(P)P)P(P)P)P(P(P)P)P(P)P. The van der Waals surface area contributed by atoms with E-state index in [4.69, 9.17) is 33.7 Å². The maximum atomic E-state index is 13.4. The summed E-state index contributed by atoms with van der Waals surface area (Å²) in [5.41, 5.74) is 10.5. The van der Waals surface area contributed by atoms with Crippen molar-refractivity contribution in [2.24, 2.45) is 5.73 Å². The number of amides is 1. The second-order valence-corrected chi connectivity index (χ2v) is 244. The third-order valence-electron chi connectivity index (χ3n) is 14.2. The number of rotatable bonds is 39. The first-order chi connectivity index (χ1) is 50.1. The Bertz CT molecular complexity index is 3700. The van der Waals surface area contributed by atoms with Gasteiger partial charge in [0.25, 0.3) is 5.91 Å². The van der Waals surface area contributed by atoms with Crippen molar-refractivity contribution in [1.82, 2.24) is 23.3 Å². The number of methoxy groups -OCH3 is 1. The van der Waals surface area contributed by atoms with E-state index in [1.807, 2.05) is 25.8 Å². The highest BCUT2D eigenvalue weighted by molar-refractivity contribution is 9.53. The summed E-state index contributed by atoms with van der Waals surface area (Å²) in [6, 6.07) is 12.5. The standard InChI is InChI=1S/C23H23ClFN5O2.C15H17ClFNO3.H56P54/c24-14-3-6-17-16(11-14)21(22(26)31)20(28(17)10-2-1-8-25)13-29-19-12-27-9-7-18(19)30(23(29)32)15-4-5-15;1-21-15(20)14-11-8-10(16)4-5-12(11)18(13(14)9-19)7-3-2-6-17;1-29(2)43(30(3)4)50(44(31(5)6)32(7)8)53(49(41(25)26)42(27)28)54(51(45(33(9)10)34(11)12)46(35(13)14)36(15)16)52(47(37(17)18)38(19)20)48(39(21)22)40(23)24/h3,6-7,9,11-12,15H,1-2,4-5,8,10,13H2,(H2,26,31);4-5,8,19H,2-3,6-7,9H2,1H3;1-28H2. The molecule has 107 heavy (non-hydrogen) atoms. The molecule has 4 heterocycles. The number of alkyl halides is 2. The molecule has 7 rings (SSSR count). The zero-order valence-corrected chi connectivity index (χ0v) is 114. The highest BCUT2D eigenvalue weighted by atomic mass is 35.5. The molecule has 69 heteroatoms. The first-order valence-corrected chi connectivity index (χ1v) is 128. The van der Waals surface area contributed by atoms with Gasteiger partial charge in [-0.1, -0.05) is 23.2 Å². The van der Waals surface area contributed by atoms with Crippen molar-refractivity contribution < 1.29 is 28.2 Å². The van der Waals surface area contributed by atoms with E-state index in [-0.39, 0.29) is 213 Å². The number of pyridine rings is 1. The molecule has 0 aliphatic heterocycles. The van der Waals surface area contributed by atoms with Crippen LogP contribution in [0, 0.1) is 0 Å². The number of ether oxygens (including phenoxy) is 1. The fourth-order valence-electron chi connectivity index (χ4n) is 10.2. The third-order valence-corrected chi connectivity index (χ3v) is 387. The summed E-state index contributed by atoms with van der Waals surface area (Å²) >= 11 is 12.2. The Labute approximate surface area is 737 Å². The number of carbonyl (C=O) groups excluding carboxylic acids is 2. The van der Waals surface area contributed by atoms with Gasteiger partial charge in [-0.25, -0.2) is 9.59 Å². The number of aromatic nitrogens is 5. The lowest BCUT2D eigenvalue weighted by molar-refractivity contribution is 0.0598. The average molecular weight is 2500 g/mol. The summed E-state index contributed by atoms with van der Waals surface area (Å²) < 4.78 is 37.1. The quantitative estimate of drug-likeness (QED) is 0.0224. The Morgan fingerprint density at radius 3 is 1.08 bits per heavy atom. The van der Waals surface area contributed by atoms with Gasteiger partial charge in [-0.3, -0.25) is 27.7 Å². The predicted molar refractivity (Wildman–Crippen MR) is 653 cm³/mol. The van der Waals surface area contributed by atoms with E-state index in [0.29, 0.717) is 87.6 Å². The molecule has 0 spiro atoms. The van der Waals surface area contributed by atoms with Crippen LogP contribution in [0.2, 0.25) is 10.0 Å². The number of aryl methyl sites for hydroxylation is 2. The number of hydrogen-bond acceptors (Lipinski definition) is 6. The Balaban J connectivity index is 0.000000321. The van der Waals surface area contributed by atoms with E-state index in [0.717, 1.165) is 29.4 Å². The van der Waals surface area contributed by atoms with Crippen molar-refractivity contribution in [3.05, 3.63) is 97.9 Å². The summed E-state index contributed by atoms with van der Waals surface area (Å²) in [4.78, 5) is 42.2. The second kappa shape index (κ2) is 58.9. The third kappa shape index (κ3) is 33.4. The van der Waals surface area contributed by atoms with Gasteiger partial charge in [-0.05, 0) is 263 Å². The van der Waals surface area contributed by atoms with Crippen molar-refractivity contribution in [3.63, 3.8) is 0 Å². The minimum atomic E-state index is -0.589. The minimum absolute atomic E-state index is 0.135. The van der Waals surface area contributed by atoms with E-state index in [9.17, 15) is 28.3 Å². The van der Waals surface area contributed by atoms with Gasteiger partial charge in [0.2, 0.25) is 0 Å². The normalized spacial score (nSPS) is 13.9. The molecule has 29 atom stereocenters. The zero-order chi connectivity index (χ0) is 80.8. The summed E-state index contributed by atoms with van der Waals surface area (Å²) in [5, 5.41) is 11.9. The van der Waals surface area contributed by atoms with E-state index in [1.165, 1.54) is 7.11 Å². The molecule has 1 aliphatic rings. The van der Waals surface area contributed by atoms with Crippen molar-refractivity contribution in [2.75, 3.05) is 20.5 Å².